The maximum atomic E-state index is 5.57. The van der Waals surface area contributed by atoms with Gasteiger partial charge in [-0.25, -0.2) is 0 Å². The van der Waals surface area contributed by atoms with Crippen LogP contribution in [0.1, 0.15) is 54.9 Å². The molecule has 4 rings (SSSR count). The maximum absolute atomic E-state index is 5.57. The van der Waals surface area contributed by atoms with Crippen molar-refractivity contribution in [2.45, 2.75) is 44.2 Å². The van der Waals surface area contributed by atoms with E-state index < -0.39 is 0 Å². The number of nitrogens with zero attached hydrogens (tertiary/aromatic N) is 3. The van der Waals surface area contributed by atoms with E-state index in [-0.39, 0.29) is 6.04 Å². The Morgan fingerprint density at radius 2 is 2.08 bits per heavy atom. The van der Waals surface area contributed by atoms with Crippen LogP contribution in [0.15, 0.2) is 22.7 Å². The average Bonchev–Trinajstić information content (AvgIpc) is 3.19. The van der Waals surface area contributed by atoms with Gasteiger partial charge < -0.3 is 14.0 Å². The highest BCUT2D eigenvalue weighted by molar-refractivity contribution is 5.42. The highest BCUT2D eigenvalue weighted by Gasteiger charge is 2.32. The Morgan fingerprint density at radius 3 is 2.83 bits per heavy atom. The highest BCUT2D eigenvalue weighted by atomic mass is 16.5. The lowest BCUT2D eigenvalue weighted by molar-refractivity contribution is 0.208. The summed E-state index contributed by atoms with van der Waals surface area (Å²) in [5.74, 6) is 3.86. The summed E-state index contributed by atoms with van der Waals surface area (Å²) in [6.07, 6.45) is 4.61. The first-order valence-electron chi connectivity index (χ1n) is 8.57. The number of ether oxygens (including phenoxy) is 2. The normalized spacial score (nSPS) is 21.2. The average molecular weight is 329 g/mol. The number of rotatable bonds is 6. The Balaban J connectivity index is 1.55. The summed E-state index contributed by atoms with van der Waals surface area (Å²) in [6.45, 7) is 1.71. The first-order valence-corrected chi connectivity index (χ1v) is 8.57. The molecule has 2 heterocycles. The molecule has 2 aromatic rings. The fourth-order valence-electron chi connectivity index (χ4n) is 3.48. The maximum Gasteiger partial charge on any atom is 0.240 e. The summed E-state index contributed by atoms with van der Waals surface area (Å²) in [5.41, 5.74) is 1.16. The smallest absolute Gasteiger partial charge is 0.240 e. The van der Waals surface area contributed by atoms with Crippen LogP contribution in [0.3, 0.4) is 0 Å². The van der Waals surface area contributed by atoms with Gasteiger partial charge in [0, 0.05) is 17.5 Å². The lowest BCUT2D eigenvalue weighted by Crippen LogP contribution is -2.23. The molecule has 1 aliphatic carbocycles. The van der Waals surface area contributed by atoms with Crippen molar-refractivity contribution in [1.29, 1.82) is 0 Å². The Labute approximate surface area is 141 Å². The van der Waals surface area contributed by atoms with Crippen molar-refractivity contribution in [3.8, 4) is 11.5 Å². The number of hydrogen-bond donors (Lipinski definition) is 0. The van der Waals surface area contributed by atoms with E-state index in [2.05, 4.69) is 21.1 Å². The third-order valence-electron chi connectivity index (χ3n) is 4.92. The molecule has 1 unspecified atom stereocenters. The zero-order valence-corrected chi connectivity index (χ0v) is 14.2. The molecule has 0 radical (unpaired) electrons. The predicted molar refractivity (Wildman–Crippen MR) is 88.2 cm³/mol. The number of hydrogen-bond acceptors (Lipinski definition) is 6. The number of methoxy groups -OCH3 is 2. The topological polar surface area (TPSA) is 60.6 Å². The van der Waals surface area contributed by atoms with Crippen molar-refractivity contribution < 1.29 is 14.0 Å². The molecule has 6 nitrogen and oxygen atoms in total. The van der Waals surface area contributed by atoms with Crippen molar-refractivity contribution in [1.82, 2.24) is 15.0 Å². The first kappa shape index (κ1) is 15.4. The molecular formula is C18H23N3O3. The minimum absolute atomic E-state index is 0.284. The van der Waals surface area contributed by atoms with Crippen molar-refractivity contribution in [2.24, 2.45) is 0 Å². The molecule has 1 aromatic heterocycles. The molecular weight excluding hydrogens is 306 g/mol. The van der Waals surface area contributed by atoms with Crippen LogP contribution in [0, 0.1) is 0 Å². The number of aromatic nitrogens is 2. The monoisotopic (exact) mass is 329 g/mol. The number of benzene rings is 1. The summed E-state index contributed by atoms with van der Waals surface area (Å²) >= 11 is 0. The van der Waals surface area contributed by atoms with Crippen LogP contribution < -0.4 is 9.47 Å². The molecule has 1 atom stereocenters. The standard InChI is InChI=1S/C18H23N3O3/c1-22-13-7-8-16(23-2)14(10-13)15-4-3-9-21(15)11-17-19-18(20-24-17)12-5-6-12/h7-8,10,12,15H,3-6,9,11H2,1-2H3. The fraction of sp³-hybridized carbons (Fsp3) is 0.556. The van der Waals surface area contributed by atoms with Crippen molar-refractivity contribution >= 4 is 0 Å². The van der Waals surface area contributed by atoms with Gasteiger partial charge in [-0.05, 0) is 50.4 Å². The van der Waals surface area contributed by atoms with Gasteiger partial charge in [0.05, 0.1) is 20.8 Å². The van der Waals surface area contributed by atoms with Gasteiger partial charge in [0.1, 0.15) is 11.5 Å². The summed E-state index contributed by atoms with van der Waals surface area (Å²) in [4.78, 5) is 6.96. The van der Waals surface area contributed by atoms with E-state index in [9.17, 15) is 0 Å². The second kappa shape index (κ2) is 6.43. The Morgan fingerprint density at radius 1 is 1.21 bits per heavy atom. The zero-order valence-electron chi connectivity index (χ0n) is 14.2. The van der Waals surface area contributed by atoms with Crippen molar-refractivity contribution in [3.05, 3.63) is 35.5 Å². The molecule has 2 aliphatic rings. The van der Waals surface area contributed by atoms with E-state index in [4.69, 9.17) is 14.0 Å². The van der Waals surface area contributed by atoms with Crippen LogP contribution >= 0.6 is 0 Å². The van der Waals surface area contributed by atoms with Gasteiger partial charge in [0.15, 0.2) is 5.82 Å². The zero-order chi connectivity index (χ0) is 16.5. The molecule has 0 bridgehead atoms. The Kier molecular flexibility index (Phi) is 4.14. The molecule has 1 saturated heterocycles. The molecule has 24 heavy (non-hydrogen) atoms. The van der Waals surface area contributed by atoms with Crippen molar-refractivity contribution in [3.63, 3.8) is 0 Å². The SMILES string of the molecule is COc1ccc(OC)c(C2CCCN2Cc2nc(C3CC3)no2)c1. The van der Waals surface area contributed by atoms with Crippen molar-refractivity contribution in [2.75, 3.05) is 20.8 Å². The summed E-state index contributed by atoms with van der Waals surface area (Å²) in [5, 5.41) is 4.12. The first-order chi connectivity index (χ1) is 11.8. The van der Waals surface area contributed by atoms with E-state index in [0.717, 1.165) is 42.3 Å². The summed E-state index contributed by atoms with van der Waals surface area (Å²) in [7, 11) is 3.40. The van der Waals surface area contributed by atoms with E-state index in [0.29, 0.717) is 18.4 Å². The van der Waals surface area contributed by atoms with Crippen LogP contribution in [0.5, 0.6) is 11.5 Å². The molecule has 0 spiro atoms. The third-order valence-corrected chi connectivity index (χ3v) is 4.92. The van der Waals surface area contributed by atoms with Gasteiger partial charge in [-0.1, -0.05) is 5.16 Å². The third kappa shape index (κ3) is 2.98. The van der Waals surface area contributed by atoms with E-state index in [1.807, 2.05) is 12.1 Å². The van der Waals surface area contributed by atoms with Crippen LogP contribution in [0.2, 0.25) is 0 Å². The van der Waals surface area contributed by atoms with Gasteiger partial charge in [0.2, 0.25) is 5.89 Å². The molecule has 0 amide bonds. The van der Waals surface area contributed by atoms with Gasteiger partial charge in [0.25, 0.3) is 0 Å². The lowest BCUT2D eigenvalue weighted by Gasteiger charge is -2.25. The van der Waals surface area contributed by atoms with E-state index in [1.165, 1.54) is 12.8 Å². The molecule has 1 saturated carbocycles. The predicted octanol–water partition coefficient (Wildman–Crippen LogP) is 3.30. The Bertz CT molecular complexity index is 711. The number of likely N-dealkylation sites (tertiary alicyclic amines) is 1. The molecule has 0 N–H and O–H groups in total. The molecule has 128 valence electrons. The van der Waals surface area contributed by atoms with Crippen LogP contribution in [0.25, 0.3) is 0 Å². The van der Waals surface area contributed by atoms with Gasteiger partial charge in [-0.2, -0.15) is 4.98 Å². The summed E-state index contributed by atoms with van der Waals surface area (Å²) in [6, 6.07) is 6.27. The molecule has 1 aromatic carbocycles. The van der Waals surface area contributed by atoms with Crippen LogP contribution in [-0.2, 0) is 6.54 Å². The quantitative estimate of drug-likeness (QED) is 0.810. The van der Waals surface area contributed by atoms with Gasteiger partial charge in [-0.15, -0.1) is 0 Å². The second-order valence-corrected chi connectivity index (χ2v) is 6.56. The van der Waals surface area contributed by atoms with Gasteiger partial charge in [-0.3, -0.25) is 4.90 Å². The molecule has 2 fully saturated rings. The minimum atomic E-state index is 0.284. The van der Waals surface area contributed by atoms with E-state index >= 15 is 0 Å². The Hall–Kier alpha value is -2.08. The second-order valence-electron chi connectivity index (χ2n) is 6.56. The summed E-state index contributed by atoms with van der Waals surface area (Å²) < 4.78 is 16.4. The lowest BCUT2D eigenvalue weighted by atomic mass is 10.0. The largest absolute Gasteiger partial charge is 0.497 e. The fourth-order valence-corrected chi connectivity index (χ4v) is 3.48. The minimum Gasteiger partial charge on any atom is -0.497 e. The molecule has 1 aliphatic heterocycles. The molecule has 6 heteroatoms. The van der Waals surface area contributed by atoms with Crippen LogP contribution in [-0.4, -0.2) is 35.8 Å². The highest BCUT2D eigenvalue weighted by Crippen LogP contribution is 2.40. The van der Waals surface area contributed by atoms with Gasteiger partial charge >= 0.3 is 0 Å². The van der Waals surface area contributed by atoms with Crippen LogP contribution in [0.4, 0.5) is 0 Å². The van der Waals surface area contributed by atoms with E-state index in [1.54, 1.807) is 14.2 Å².